The van der Waals surface area contributed by atoms with Crippen LogP contribution < -0.4 is 5.32 Å². The van der Waals surface area contributed by atoms with Crippen LogP contribution in [-0.4, -0.2) is 35.7 Å². The highest BCUT2D eigenvalue weighted by Gasteiger charge is 2.21. The average molecular weight is 352 g/mol. The maximum absolute atomic E-state index is 12.0. The molecule has 0 radical (unpaired) electrons. The zero-order chi connectivity index (χ0) is 18.8. The maximum atomic E-state index is 12.0. The number of carbonyl (C=O) groups is 3. The molecule has 1 heterocycles. The molecule has 0 fully saturated rings. The Morgan fingerprint density at radius 2 is 1.50 bits per heavy atom. The Hall–Kier alpha value is -2.87. The van der Waals surface area contributed by atoms with Gasteiger partial charge in [-0.3, -0.25) is 19.3 Å². The lowest BCUT2D eigenvalue weighted by Gasteiger charge is -2.13. The summed E-state index contributed by atoms with van der Waals surface area (Å²) in [7, 11) is 0. The van der Waals surface area contributed by atoms with E-state index in [0.717, 1.165) is 44.1 Å². The third-order valence-electron chi connectivity index (χ3n) is 4.31. The monoisotopic (exact) mass is 352 g/mol. The van der Waals surface area contributed by atoms with Crippen LogP contribution in [-0.2, 0) is 9.59 Å². The van der Waals surface area contributed by atoms with Crippen molar-refractivity contribution in [2.24, 2.45) is 0 Å². The summed E-state index contributed by atoms with van der Waals surface area (Å²) in [6.07, 6.45) is 13.9. The van der Waals surface area contributed by atoms with Crippen molar-refractivity contribution in [1.82, 2.24) is 10.2 Å². The molecule has 0 unspecified atom stereocenters. The molecule has 136 valence electrons. The summed E-state index contributed by atoms with van der Waals surface area (Å²) in [5.41, 5.74) is 1.38. The first-order chi connectivity index (χ1) is 12.6. The van der Waals surface area contributed by atoms with Gasteiger partial charge < -0.3 is 5.32 Å². The Balaban J connectivity index is 1.48. The van der Waals surface area contributed by atoms with Crippen LogP contribution in [0.1, 0.15) is 54.4 Å². The second-order valence-electron chi connectivity index (χ2n) is 6.26. The molecule has 0 aromatic heterocycles. The van der Waals surface area contributed by atoms with Crippen LogP contribution in [0.5, 0.6) is 0 Å². The number of hydrogen-bond acceptors (Lipinski definition) is 3. The summed E-state index contributed by atoms with van der Waals surface area (Å²) in [6, 6.07) is 6.98. The lowest BCUT2D eigenvalue weighted by Crippen LogP contribution is -2.30. The molecule has 1 N–H and O–H groups in total. The summed E-state index contributed by atoms with van der Waals surface area (Å²) in [4.78, 5) is 36.0. The van der Waals surface area contributed by atoms with Gasteiger partial charge in [0, 0.05) is 36.4 Å². The molecular formula is C21H24N2O3. The van der Waals surface area contributed by atoms with Crippen LogP contribution in [0.3, 0.4) is 0 Å². The van der Waals surface area contributed by atoms with E-state index in [-0.39, 0.29) is 17.7 Å². The number of nitrogens with zero attached hydrogens (tertiary/aromatic N) is 1. The van der Waals surface area contributed by atoms with Crippen LogP contribution in [0.4, 0.5) is 0 Å². The first-order valence-corrected chi connectivity index (χ1v) is 9.00. The summed E-state index contributed by atoms with van der Waals surface area (Å²) in [5.74, 6) is 2.02. The fourth-order valence-electron chi connectivity index (χ4n) is 2.78. The number of hydrogen-bond donors (Lipinski definition) is 1. The van der Waals surface area contributed by atoms with Gasteiger partial charge in [0.2, 0.25) is 0 Å². The molecule has 5 heteroatoms. The molecule has 0 bridgehead atoms. The van der Waals surface area contributed by atoms with Gasteiger partial charge in [-0.2, -0.15) is 0 Å². The minimum atomic E-state index is -0.209. The van der Waals surface area contributed by atoms with Gasteiger partial charge >= 0.3 is 0 Å². The molecular weight excluding hydrogens is 328 g/mol. The van der Waals surface area contributed by atoms with Crippen LogP contribution in [0.2, 0.25) is 0 Å². The van der Waals surface area contributed by atoms with Gasteiger partial charge in [-0.1, -0.05) is 31.6 Å². The van der Waals surface area contributed by atoms with Crippen molar-refractivity contribution in [2.75, 3.05) is 13.1 Å². The highest BCUT2D eigenvalue weighted by atomic mass is 16.2. The van der Waals surface area contributed by atoms with Crippen LogP contribution in [0.25, 0.3) is 0 Å². The summed E-state index contributed by atoms with van der Waals surface area (Å²) >= 11 is 0. The van der Waals surface area contributed by atoms with Crippen molar-refractivity contribution in [2.45, 2.75) is 38.5 Å². The molecule has 2 rings (SSSR count). The largest absolute Gasteiger partial charge is 0.352 e. The summed E-state index contributed by atoms with van der Waals surface area (Å²) in [5, 5.41) is 2.91. The van der Waals surface area contributed by atoms with E-state index in [9.17, 15) is 14.4 Å². The predicted molar refractivity (Wildman–Crippen MR) is 100 cm³/mol. The molecule has 1 aromatic rings. The molecule has 0 atom stereocenters. The molecule has 0 saturated carbocycles. The van der Waals surface area contributed by atoms with Crippen molar-refractivity contribution in [1.29, 1.82) is 0 Å². The smallest absolute Gasteiger partial charge is 0.253 e. The van der Waals surface area contributed by atoms with E-state index >= 15 is 0 Å². The number of rotatable bonds is 10. The topological polar surface area (TPSA) is 66.5 Å². The van der Waals surface area contributed by atoms with E-state index < -0.39 is 0 Å². The highest BCUT2D eigenvalue weighted by molar-refractivity contribution is 6.12. The Labute approximate surface area is 154 Å². The van der Waals surface area contributed by atoms with Gasteiger partial charge in [0.1, 0.15) is 0 Å². The molecule has 5 nitrogen and oxygen atoms in total. The van der Waals surface area contributed by atoms with Crippen molar-refractivity contribution < 1.29 is 14.4 Å². The van der Waals surface area contributed by atoms with Gasteiger partial charge in [0.05, 0.1) is 0 Å². The third-order valence-corrected chi connectivity index (χ3v) is 4.31. The highest BCUT2D eigenvalue weighted by Crippen LogP contribution is 2.09. The fourth-order valence-corrected chi connectivity index (χ4v) is 2.78. The Morgan fingerprint density at radius 3 is 2.12 bits per heavy atom. The maximum Gasteiger partial charge on any atom is 0.253 e. The first-order valence-electron chi connectivity index (χ1n) is 9.00. The van der Waals surface area contributed by atoms with E-state index in [2.05, 4.69) is 11.2 Å². The number of amides is 3. The lowest BCUT2D eigenvalue weighted by atomic mass is 10.1. The van der Waals surface area contributed by atoms with Gasteiger partial charge in [-0.25, -0.2) is 0 Å². The number of unbranched alkanes of at least 4 members (excludes halogenated alkanes) is 5. The number of carbonyl (C=O) groups excluding carboxylic acids is 3. The Bertz CT molecular complexity index is 696. The number of imide groups is 1. The van der Waals surface area contributed by atoms with E-state index in [0.29, 0.717) is 18.7 Å². The third kappa shape index (κ3) is 5.89. The minimum Gasteiger partial charge on any atom is -0.352 e. The molecule has 1 aromatic carbocycles. The van der Waals surface area contributed by atoms with Gasteiger partial charge in [-0.05, 0) is 37.1 Å². The second kappa shape index (κ2) is 10.2. The number of nitrogens with one attached hydrogen (secondary N) is 1. The van der Waals surface area contributed by atoms with E-state index in [4.69, 9.17) is 6.42 Å². The zero-order valence-corrected chi connectivity index (χ0v) is 14.9. The van der Waals surface area contributed by atoms with Crippen LogP contribution >= 0.6 is 0 Å². The van der Waals surface area contributed by atoms with Gasteiger partial charge in [-0.15, -0.1) is 6.42 Å². The zero-order valence-electron chi connectivity index (χ0n) is 14.9. The quantitative estimate of drug-likeness (QED) is 0.400. The molecule has 1 aliphatic rings. The first kappa shape index (κ1) is 19.5. The molecule has 0 aliphatic carbocycles. The number of benzene rings is 1. The Morgan fingerprint density at radius 1 is 0.923 bits per heavy atom. The molecule has 3 amide bonds. The van der Waals surface area contributed by atoms with E-state index in [1.54, 1.807) is 24.3 Å². The predicted octanol–water partition coefficient (Wildman–Crippen LogP) is 2.66. The fraction of sp³-hybridized carbons (Fsp3) is 0.381. The standard InChI is InChI=1S/C21H24N2O3/c1-2-17-9-11-18(12-10-17)21(26)22-15-7-5-3-4-6-8-16-23-19(24)13-14-20(23)25/h1,9-14H,3-8,15-16H2,(H,22,26). The number of terminal acetylenes is 1. The minimum absolute atomic E-state index is 0.0814. The van der Waals surface area contributed by atoms with Gasteiger partial charge in [0.25, 0.3) is 17.7 Å². The summed E-state index contributed by atoms with van der Waals surface area (Å²) < 4.78 is 0. The summed E-state index contributed by atoms with van der Waals surface area (Å²) in [6.45, 7) is 1.15. The van der Waals surface area contributed by atoms with Crippen molar-refractivity contribution in [3.63, 3.8) is 0 Å². The van der Waals surface area contributed by atoms with Crippen LogP contribution in [0, 0.1) is 12.3 Å². The normalized spacial score (nSPS) is 13.1. The Kier molecular flexibility index (Phi) is 7.63. The molecule has 0 spiro atoms. The molecule has 26 heavy (non-hydrogen) atoms. The molecule has 0 saturated heterocycles. The molecule has 1 aliphatic heterocycles. The van der Waals surface area contributed by atoms with Crippen LogP contribution in [0.15, 0.2) is 36.4 Å². The van der Waals surface area contributed by atoms with Gasteiger partial charge in [0.15, 0.2) is 0 Å². The van der Waals surface area contributed by atoms with Crippen molar-refractivity contribution in [3.8, 4) is 12.3 Å². The van der Waals surface area contributed by atoms with Crippen molar-refractivity contribution >= 4 is 17.7 Å². The van der Waals surface area contributed by atoms with E-state index in [1.165, 1.54) is 17.1 Å². The van der Waals surface area contributed by atoms with Crippen molar-refractivity contribution in [3.05, 3.63) is 47.5 Å². The second-order valence-corrected chi connectivity index (χ2v) is 6.26. The lowest BCUT2D eigenvalue weighted by molar-refractivity contribution is -0.136. The SMILES string of the molecule is C#Cc1ccc(C(=O)NCCCCCCCCN2C(=O)C=CC2=O)cc1. The average Bonchev–Trinajstić information content (AvgIpc) is 2.98. The van der Waals surface area contributed by atoms with E-state index in [1.807, 2.05) is 0 Å².